The number of rotatable bonds is 5. The van der Waals surface area contributed by atoms with E-state index in [4.69, 9.17) is 4.74 Å². The first kappa shape index (κ1) is 15.5. The molecule has 1 amide bonds. The van der Waals surface area contributed by atoms with Gasteiger partial charge in [-0.2, -0.15) is 5.10 Å². The molecule has 1 saturated heterocycles. The van der Waals surface area contributed by atoms with Crippen LogP contribution in [-0.2, 0) is 4.79 Å². The number of H-pyrrole nitrogens is 1. The molecule has 122 valence electrons. The summed E-state index contributed by atoms with van der Waals surface area (Å²) in [5.41, 5.74) is 1.08. The summed E-state index contributed by atoms with van der Waals surface area (Å²) in [5, 5.41) is 6.97. The van der Waals surface area contributed by atoms with E-state index in [2.05, 4.69) is 10.2 Å². The number of hydrogen-bond donors (Lipinski definition) is 1. The summed E-state index contributed by atoms with van der Waals surface area (Å²) >= 11 is 0. The summed E-state index contributed by atoms with van der Waals surface area (Å²) in [5.74, 6) is 0.504. The van der Waals surface area contributed by atoms with Gasteiger partial charge in [0, 0.05) is 37.0 Å². The van der Waals surface area contributed by atoms with Gasteiger partial charge in [0.15, 0.2) is 0 Å². The van der Waals surface area contributed by atoms with Crippen molar-refractivity contribution in [1.29, 1.82) is 0 Å². The number of nitrogens with zero attached hydrogens (tertiary/aromatic N) is 2. The van der Waals surface area contributed by atoms with Gasteiger partial charge in [0.25, 0.3) is 0 Å². The predicted molar refractivity (Wildman–Crippen MR) is 83.7 cm³/mol. The quantitative estimate of drug-likeness (QED) is 0.922. The highest BCUT2D eigenvalue weighted by atomic mass is 19.1. The summed E-state index contributed by atoms with van der Waals surface area (Å²) in [7, 11) is 0. The number of aromatic amines is 1. The van der Waals surface area contributed by atoms with Crippen LogP contribution in [0.15, 0.2) is 36.5 Å². The standard InChI is InChI=1S/C17H20FN3O2/c18-14-4-1-5-15(11-14)23-10-7-17(22)21-9-2-3-13(12-21)16-6-8-19-20-16/h1,4-6,8,11,13H,2-3,7,9-10,12H2,(H,19,20)/t13-/m0/s1. The fraction of sp³-hybridized carbons (Fsp3) is 0.412. The molecule has 1 atom stereocenters. The van der Waals surface area contributed by atoms with Crippen LogP contribution >= 0.6 is 0 Å². The molecule has 1 aliphatic heterocycles. The lowest BCUT2D eigenvalue weighted by Crippen LogP contribution is -2.39. The number of nitrogens with one attached hydrogen (secondary N) is 1. The Balaban J connectivity index is 1.48. The van der Waals surface area contributed by atoms with Crippen LogP contribution in [0.4, 0.5) is 4.39 Å². The van der Waals surface area contributed by atoms with E-state index in [0.29, 0.717) is 24.6 Å². The van der Waals surface area contributed by atoms with Gasteiger partial charge in [0.05, 0.1) is 13.0 Å². The highest BCUT2D eigenvalue weighted by Gasteiger charge is 2.25. The van der Waals surface area contributed by atoms with Gasteiger partial charge >= 0.3 is 0 Å². The molecule has 2 aromatic rings. The molecule has 23 heavy (non-hydrogen) atoms. The summed E-state index contributed by atoms with van der Waals surface area (Å²) < 4.78 is 18.5. The third-order valence-electron chi connectivity index (χ3n) is 4.12. The number of carbonyl (C=O) groups is 1. The van der Waals surface area contributed by atoms with Crippen molar-refractivity contribution < 1.29 is 13.9 Å². The Morgan fingerprint density at radius 3 is 3.13 bits per heavy atom. The van der Waals surface area contributed by atoms with Crippen LogP contribution in [0.2, 0.25) is 0 Å². The first-order valence-corrected chi connectivity index (χ1v) is 7.88. The highest BCUT2D eigenvalue weighted by Crippen LogP contribution is 2.25. The maximum absolute atomic E-state index is 13.1. The van der Waals surface area contributed by atoms with E-state index in [1.54, 1.807) is 18.3 Å². The van der Waals surface area contributed by atoms with Gasteiger partial charge in [0.2, 0.25) is 5.91 Å². The zero-order chi connectivity index (χ0) is 16.1. The lowest BCUT2D eigenvalue weighted by atomic mass is 9.95. The Bertz CT molecular complexity index is 645. The van der Waals surface area contributed by atoms with Crippen LogP contribution in [0.25, 0.3) is 0 Å². The van der Waals surface area contributed by atoms with Gasteiger partial charge < -0.3 is 9.64 Å². The first-order chi connectivity index (χ1) is 11.2. The third-order valence-corrected chi connectivity index (χ3v) is 4.12. The second-order valence-electron chi connectivity index (χ2n) is 5.75. The minimum absolute atomic E-state index is 0.0746. The second-order valence-corrected chi connectivity index (χ2v) is 5.75. The molecule has 1 aromatic carbocycles. The van der Waals surface area contributed by atoms with E-state index in [-0.39, 0.29) is 18.3 Å². The Morgan fingerprint density at radius 2 is 2.35 bits per heavy atom. The van der Waals surface area contributed by atoms with E-state index in [0.717, 1.165) is 25.1 Å². The van der Waals surface area contributed by atoms with E-state index >= 15 is 0 Å². The number of hydrogen-bond acceptors (Lipinski definition) is 3. The zero-order valence-electron chi connectivity index (χ0n) is 12.9. The molecule has 1 N–H and O–H groups in total. The number of aromatic nitrogens is 2. The number of benzene rings is 1. The number of likely N-dealkylation sites (tertiary alicyclic amines) is 1. The predicted octanol–water partition coefficient (Wildman–Crippen LogP) is 2.72. The van der Waals surface area contributed by atoms with Crippen LogP contribution in [0.1, 0.15) is 30.9 Å². The summed E-state index contributed by atoms with van der Waals surface area (Å²) in [6, 6.07) is 7.92. The van der Waals surface area contributed by atoms with E-state index in [1.807, 2.05) is 11.0 Å². The minimum Gasteiger partial charge on any atom is -0.493 e. The van der Waals surface area contributed by atoms with Crippen molar-refractivity contribution in [2.75, 3.05) is 19.7 Å². The second kappa shape index (κ2) is 7.26. The largest absolute Gasteiger partial charge is 0.493 e. The molecule has 1 fully saturated rings. The third kappa shape index (κ3) is 4.09. The SMILES string of the molecule is O=C(CCOc1cccc(F)c1)N1CCC[C@H](c2ccn[nH]2)C1. The Hall–Kier alpha value is -2.37. The van der Waals surface area contributed by atoms with Crippen molar-refractivity contribution in [3.8, 4) is 5.75 Å². The number of halogens is 1. The normalized spacial score (nSPS) is 18.0. The van der Waals surface area contributed by atoms with Gasteiger partial charge in [0.1, 0.15) is 11.6 Å². The molecule has 3 rings (SSSR count). The lowest BCUT2D eigenvalue weighted by Gasteiger charge is -2.32. The van der Waals surface area contributed by atoms with Crippen molar-refractivity contribution in [2.45, 2.75) is 25.2 Å². The Morgan fingerprint density at radius 1 is 1.43 bits per heavy atom. The molecule has 5 nitrogen and oxygen atoms in total. The topological polar surface area (TPSA) is 58.2 Å². The van der Waals surface area contributed by atoms with E-state index in [9.17, 15) is 9.18 Å². The Kier molecular flexibility index (Phi) is 4.90. The molecule has 6 heteroatoms. The summed E-state index contributed by atoms with van der Waals surface area (Å²) in [6.45, 7) is 1.75. The fourth-order valence-corrected chi connectivity index (χ4v) is 2.92. The average Bonchev–Trinajstić information content (AvgIpc) is 3.09. The van der Waals surface area contributed by atoms with Crippen LogP contribution in [0.3, 0.4) is 0 Å². The van der Waals surface area contributed by atoms with Gasteiger partial charge in [-0.15, -0.1) is 0 Å². The molecule has 0 spiro atoms. The molecule has 1 aliphatic rings. The maximum Gasteiger partial charge on any atom is 0.226 e. The fourth-order valence-electron chi connectivity index (χ4n) is 2.92. The molecule has 0 radical (unpaired) electrons. The summed E-state index contributed by atoms with van der Waals surface area (Å²) in [4.78, 5) is 14.2. The van der Waals surface area contributed by atoms with Crippen LogP contribution in [0.5, 0.6) is 5.75 Å². The number of carbonyl (C=O) groups excluding carboxylic acids is 1. The monoisotopic (exact) mass is 317 g/mol. The van der Waals surface area contributed by atoms with E-state index in [1.165, 1.54) is 12.1 Å². The minimum atomic E-state index is -0.341. The molecule has 0 aliphatic carbocycles. The molecule has 0 unspecified atom stereocenters. The lowest BCUT2D eigenvalue weighted by molar-refractivity contribution is -0.132. The zero-order valence-corrected chi connectivity index (χ0v) is 12.9. The van der Waals surface area contributed by atoms with Gasteiger partial charge in [-0.05, 0) is 31.0 Å². The molecular formula is C17H20FN3O2. The molecule has 1 aromatic heterocycles. The molecule has 0 saturated carbocycles. The Labute approximate surface area is 134 Å². The van der Waals surface area contributed by atoms with Crippen LogP contribution in [0, 0.1) is 5.82 Å². The number of piperidine rings is 1. The molecular weight excluding hydrogens is 297 g/mol. The smallest absolute Gasteiger partial charge is 0.226 e. The van der Waals surface area contributed by atoms with Gasteiger partial charge in [-0.1, -0.05) is 6.07 Å². The highest BCUT2D eigenvalue weighted by molar-refractivity contribution is 5.76. The van der Waals surface area contributed by atoms with Crippen molar-refractivity contribution in [3.05, 3.63) is 48.0 Å². The van der Waals surface area contributed by atoms with Crippen molar-refractivity contribution in [3.63, 3.8) is 0 Å². The number of ether oxygens (including phenoxy) is 1. The average molecular weight is 317 g/mol. The van der Waals surface area contributed by atoms with Crippen molar-refractivity contribution >= 4 is 5.91 Å². The van der Waals surface area contributed by atoms with Gasteiger partial charge in [-0.25, -0.2) is 4.39 Å². The van der Waals surface area contributed by atoms with Crippen LogP contribution in [-0.4, -0.2) is 40.7 Å². The van der Waals surface area contributed by atoms with E-state index < -0.39 is 0 Å². The van der Waals surface area contributed by atoms with Crippen molar-refractivity contribution in [1.82, 2.24) is 15.1 Å². The van der Waals surface area contributed by atoms with Crippen LogP contribution < -0.4 is 4.74 Å². The first-order valence-electron chi connectivity index (χ1n) is 7.88. The van der Waals surface area contributed by atoms with Gasteiger partial charge in [-0.3, -0.25) is 9.89 Å². The molecule has 0 bridgehead atoms. The molecule has 2 heterocycles. The van der Waals surface area contributed by atoms with Crippen molar-refractivity contribution in [2.24, 2.45) is 0 Å². The maximum atomic E-state index is 13.1. The number of amides is 1. The summed E-state index contributed by atoms with van der Waals surface area (Å²) in [6.07, 6.45) is 4.08.